The summed E-state index contributed by atoms with van der Waals surface area (Å²) in [5.74, 6) is -0.132. The normalized spacial score (nSPS) is 12.3. The van der Waals surface area contributed by atoms with Gasteiger partial charge in [0.15, 0.2) is 0 Å². The van der Waals surface area contributed by atoms with Crippen LogP contribution in [0, 0.1) is 5.82 Å². The van der Waals surface area contributed by atoms with E-state index in [2.05, 4.69) is 4.98 Å². The van der Waals surface area contributed by atoms with E-state index in [-0.39, 0.29) is 12.7 Å². The maximum Gasteiger partial charge on any atom is 0.129 e. The van der Waals surface area contributed by atoms with E-state index < -0.39 is 0 Å². The molecule has 1 aromatic heterocycles. The number of aromatic amines is 1. The molecule has 0 radical (unpaired) electrons. The van der Waals surface area contributed by atoms with Gasteiger partial charge in [0.1, 0.15) is 5.82 Å². The lowest BCUT2D eigenvalue weighted by Crippen LogP contribution is -2.14. The molecule has 0 amide bonds. The number of nitrogens with one attached hydrogen (secondary N) is 1. The first kappa shape index (κ1) is 9.25. The van der Waals surface area contributed by atoms with Crippen molar-refractivity contribution in [1.82, 2.24) is 4.98 Å². The Morgan fingerprint density at radius 2 is 1.93 bits per heavy atom. The fourth-order valence-electron chi connectivity index (χ4n) is 1.84. The Morgan fingerprint density at radius 3 is 2.57 bits per heavy atom. The number of hydrogen-bond acceptors (Lipinski definition) is 0. The first-order chi connectivity index (χ1) is 6.50. The Morgan fingerprint density at radius 1 is 1.21 bits per heavy atom. The quantitative estimate of drug-likeness (QED) is 0.654. The van der Waals surface area contributed by atoms with Gasteiger partial charge >= 0.3 is 0 Å². The van der Waals surface area contributed by atoms with Gasteiger partial charge in [-0.05, 0) is 29.0 Å². The van der Waals surface area contributed by atoms with Crippen LogP contribution in [0.25, 0.3) is 10.9 Å². The van der Waals surface area contributed by atoms with Crippen molar-refractivity contribution >= 4 is 10.9 Å². The van der Waals surface area contributed by atoms with Gasteiger partial charge in [0, 0.05) is 13.2 Å². The van der Waals surface area contributed by atoms with Crippen LogP contribution in [0.3, 0.4) is 0 Å². The van der Waals surface area contributed by atoms with E-state index in [4.69, 9.17) is 0 Å². The van der Waals surface area contributed by atoms with Crippen LogP contribution in [0.5, 0.6) is 0 Å². The topological polar surface area (TPSA) is 15.8 Å². The number of fused-ring (bicyclic) bond motifs is 1. The van der Waals surface area contributed by atoms with Gasteiger partial charge in [-0.1, -0.05) is 20.8 Å². The summed E-state index contributed by atoms with van der Waals surface area (Å²) in [4.78, 5) is 3.10. The first-order valence-corrected chi connectivity index (χ1v) is 4.76. The number of benzene rings is 1. The summed E-state index contributed by atoms with van der Waals surface area (Å²) in [6, 6.07) is 5.30. The highest BCUT2D eigenvalue weighted by molar-refractivity contribution is 5.83. The van der Waals surface area contributed by atoms with E-state index in [0.29, 0.717) is 0 Å². The third-order valence-electron chi connectivity index (χ3n) is 2.43. The maximum atomic E-state index is 13.7. The predicted molar refractivity (Wildman–Crippen MR) is 59.1 cm³/mol. The molecule has 0 fully saturated rings. The standard InChI is InChI=1S/C12H14FN.H2/c1-12(2,3)10-9(13)5-4-8-6-7-14-11(8)10;/h4-7,14H,1-3H3;1H. The van der Waals surface area contributed by atoms with E-state index in [1.54, 1.807) is 6.07 Å². The highest BCUT2D eigenvalue weighted by Gasteiger charge is 2.21. The van der Waals surface area contributed by atoms with Crippen LogP contribution in [-0.2, 0) is 5.41 Å². The Bertz CT molecular complexity index is 468. The zero-order chi connectivity index (χ0) is 10.3. The van der Waals surface area contributed by atoms with Gasteiger partial charge < -0.3 is 4.98 Å². The van der Waals surface area contributed by atoms with Crippen LogP contribution in [0.4, 0.5) is 4.39 Å². The van der Waals surface area contributed by atoms with Crippen LogP contribution in [-0.4, -0.2) is 4.98 Å². The Kier molecular flexibility index (Phi) is 1.88. The third kappa shape index (κ3) is 1.31. The highest BCUT2D eigenvalue weighted by atomic mass is 19.1. The molecular formula is C12H16FN. The average Bonchev–Trinajstić information content (AvgIpc) is 2.48. The van der Waals surface area contributed by atoms with Gasteiger partial charge in [0.25, 0.3) is 0 Å². The Labute approximate surface area is 84.4 Å². The number of halogens is 1. The van der Waals surface area contributed by atoms with E-state index in [0.717, 1.165) is 16.5 Å². The lowest BCUT2D eigenvalue weighted by molar-refractivity contribution is 0.528. The molecule has 0 bridgehead atoms. The Balaban J connectivity index is 0.00000112. The highest BCUT2D eigenvalue weighted by Crippen LogP contribution is 2.31. The molecule has 1 nitrogen and oxygen atoms in total. The molecule has 0 atom stereocenters. The number of H-pyrrole nitrogens is 1. The lowest BCUT2D eigenvalue weighted by atomic mass is 9.85. The predicted octanol–water partition coefficient (Wildman–Crippen LogP) is 3.85. The minimum Gasteiger partial charge on any atom is -0.361 e. The summed E-state index contributed by atoms with van der Waals surface area (Å²) in [6.07, 6.45) is 1.85. The second-order valence-corrected chi connectivity index (χ2v) is 4.61. The zero-order valence-corrected chi connectivity index (χ0v) is 8.69. The molecule has 1 heterocycles. The summed E-state index contributed by atoms with van der Waals surface area (Å²) in [5, 5.41) is 1.07. The molecule has 14 heavy (non-hydrogen) atoms. The zero-order valence-electron chi connectivity index (χ0n) is 8.69. The molecule has 76 valence electrons. The molecule has 0 aliphatic heterocycles. The van der Waals surface area contributed by atoms with E-state index >= 15 is 0 Å². The largest absolute Gasteiger partial charge is 0.361 e. The van der Waals surface area contributed by atoms with Crippen molar-refractivity contribution in [1.29, 1.82) is 0 Å². The van der Waals surface area contributed by atoms with Gasteiger partial charge in [-0.15, -0.1) is 0 Å². The Hall–Kier alpha value is -1.31. The van der Waals surface area contributed by atoms with Gasteiger partial charge in [-0.25, -0.2) is 4.39 Å². The van der Waals surface area contributed by atoms with Gasteiger partial charge in [0.2, 0.25) is 0 Å². The molecule has 2 heteroatoms. The van der Waals surface area contributed by atoms with Crippen molar-refractivity contribution in [3.63, 3.8) is 0 Å². The fraction of sp³-hybridized carbons (Fsp3) is 0.333. The molecule has 1 aromatic carbocycles. The van der Waals surface area contributed by atoms with Crippen molar-refractivity contribution in [2.45, 2.75) is 26.2 Å². The van der Waals surface area contributed by atoms with Crippen molar-refractivity contribution in [2.24, 2.45) is 0 Å². The smallest absolute Gasteiger partial charge is 0.129 e. The molecule has 0 spiro atoms. The average molecular weight is 193 g/mol. The molecule has 0 aliphatic carbocycles. The molecule has 2 rings (SSSR count). The lowest BCUT2D eigenvalue weighted by Gasteiger charge is -2.20. The molecule has 0 unspecified atom stereocenters. The van der Waals surface area contributed by atoms with Gasteiger partial charge in [0.05, 0.1) is 5.52 Å². The first-order valence-electron chi connectivity index (χ1n) is 4.76. The summed E-state index contributed by atoms with van der Waals surface area (Å²) in [5.41, 5.74) is 1.51. The van der Waals surface area contributed by atoms with Crippen LogP contribution in [0.15, 0.2) is 24.4 Å². The van der Waals surface area contributed by atoms with Crippen molar-refractivity contribution in [2.75, 3.05) is 0 Å². The van der Waals surface area contributed by atoms with Gasteiger partial charge in [-0.2, -0.15) is 0 Å². The van der Waals surface area contributed by atoms with E-state index in [9.17, 15) is 4.39 Å². The molecule has 0 aliphatic rings. The SMILES string of the molecule is CC(C)(C)c1c(F)ccc2cc[nH]c12.[HH]. The second kappa shape index (κ2) is 2.84. The van der Waals surface area contributed by atoms with Crippen molar-refractivity contribution < 1.29 is 5.82 Å². The summed E-state index contributed by atoms with van der Waals surface area (Å²) < 4.78 is 13.7. The van der Waals surface area contributed by atoms with Crippen molar-refractivity contribution in [3.05, 3.63) is 35.8 Å². The van der Waals surface area contributed by atoms with Gasteiger partial charge in [-0.3, -0.25) is 0 Å². The summed E-state index contributed by atoms with van der Waals surface area (Å²) in [7, 11) is 0. The molecule has 1 N–H and O–H groups in total. The molecule has 0 saturated carbocycles. The van der Waals surface area contributed by atoms with Crippen molar-refractivity contribution in [3.8, 4) is 0 Å². The second-order valence-electron chi connectivity index (χ2n) is 4.61. The van der Waals surface area contributed by atoms with Crippen LogP contribution in [0.2, 0.25) is 0 Å². The third-order valence-corrected chi connectivity index (χ3v) is 2.43. The number of rotatable bonds is 0. The summed E-state index contributed by atoms with van der Waals surface area (Å²) in [6.45, 7) is 6.06. The maximum absolute atomic E-state index is 13.7. The summed E-state index contributed by atoms with van der Waals surface area (Å²) >= 11 is 0. The molecular weight excluding hydrogens is 177 g/mol. The fourth-order valence-corrected chi connectivity index (χ4v) is 1.84. The van der Waals surface area contributed by atoms with Crippen LogP contribution >= 0.6 is 0 Å². The number of aromatic nitrogens is 1. The molecule has 2 aromatic rings. The van der Waals surface area contributed by atoms with Crippen LogP contribution < -0.4 is 0 Å². The van der Waals surface area contributed by atoms with Crippen LogP contribution in [0.1, 0.15) is 27.8 Å². The number of hydrogen-bond donors (Lipinski definition) is 1. The minimum absolute atomic E-state index is 0. The minimum atomic E-state index is -0.172. The van der Waals surface area contributed by atoms with E-state index in [1.165, 1.54) is 6.07 Å². The van der Waals surface area contributed by atoms with E-state index in [1.807, 2.05) is 33.0 Å². The monoisotopic (exact) mass is 193 g/mol. The molecule has 0 saturated heterocycles.